The van der Waals surface area contributed by atoms with Crippen molar-refractivity contribution in [2.75, 3.05) is 6.54 Å². The van der Waals surface area contributed by atoms with Gasteiger partial charge in [-0.2, -0.15) is 5.10 Å². The van der Waals surface area contributed by atoms with Crippen LogP contribution in [0.1, 0.15) is 55.9 Å². The molecule has 1 aromatic heterocycles. The van der Waals surface area contributed by atoms with Crippen LogP contribution in [-0.4, -0.2) is 44.9 Å². The number of carbonyl (C=O) groups is 2. The number of hydrogen-bond acceptors (Lipinski definition) is 4. The molecule has 3 rings (SSSR count). The fourth-order valence-corrected chi connectivity index (χ4v) is 3.09. The molecule has 0 fully saturated rings. The lowest BCUT2D eigenvalue weighted by Gasteiger charge is -2.34. The van der Waals surface area contributed by atoms with E-state index in [0.29, 0.717) is 25.2 Å². The Balaban J connectivity index is 1.91. The van der Waals surface area contributed by atoms with Crippen molar-refractivity contribution in [3.8, 4) is 0 Å². The average Bonchev–Trinajstić information content (AvgIpc) is 2.67. The van der Waals surface area contributed by atoms with Crippen LogP contribution in [-0.2, 0) is 24.2 Å². The molecule has 2 aliphatic heterocycles. The van der Waals surface area contributed by atoms with Gasteiger partial charge in [0.05, 0.1) is 12.2 Å². The third kappa shape index (κ3) is 3.04. The Morgan fingerprint density at radius 1 is 1.39 bits per heavy atom. The van der Waals surface area contributed by atoms with Gasteiger partial charge >= 0.3 is 6.09 Å². The summed E-state index contributed by atoms with van der Waals surface area (Å²) in [6.07, 6.45) is 1.16. The van der Waals surface area contributed by atoms with Crippen molar-refractivity contribution in [1.29, 1.82) is 0 Å². The summed E-state index contributed by atoms with van der Waals surface area (Å²) in [6, 6.07) is -0.000415. The van der Waals surface area contributed by atoms with E-state index in [9.17, 15) is 9.59 Å². The molecule has 7 nitrogen and oxygen atoms in total. The molecule has 2 amide bonds. The Labute approximate surface area is 136 Å². The van der Waals surface area contributed by atoms with Crippen LogP contribution in [0.5, 0.6) is 0 Å². The molecule has 0 saturated heterocycles. The third-order valence-corrected chi connectivity index (χ3v) is 4.16. The molecule has 23 heavy (non-hydrogen) atoms. The van der Waals surface area contributed by atoms with E-state index in [1.54, 1.807) is 9.58 Å². The maximum Gasteiger partial charge on any atom is 0.410 e. The molecule has 0 bridgehead atoms. The first-order valence-corrected chi connectivity index (χ1v) is 8.12. The molecule has 2 aliphatic rings. The minimum absolute atomic E-state index is 0.000415. The van der Waals surface area contributed by atoms with Crippen molar-refractivity contribution >= 4 is 12.0 Å². The van der Waals surface area contributed by atoms with Gasteiger partial charge in [-0.15, -0.1) is 0 Å². The summed E-state index contributed by atoms with van der Waals surface area (Å²) >= 11 is 0. The predicted molar refractivity (Wildman–Crippen MR) is 84.1 cm³/mol. The molecule has 1 unspecified atom stereocenters. The Hall–Kier alpha value is -2.05. The molecule has 126 valence electrons. The minimum atomic E-state index is -0.537. The number of hydrogen-bond donors (Lipinski definition) is 1. The highest BCUT2D eigenvalue weighted by Crippen LogP contribution is 2.28. The summed E-state index contributed by atoms with van der Waals surface area (Å²) in [6.45, 7) is 9.29. The maximum atomic E-state index is 12.4. The zero-order chi connectivity index (χ0) is 16.8. The highest BCUT2D eigenvalue weighted by atomic mass is 16.6. The van der Waals surface area contributed by atoms with Gasteiger partial charge in [0.25, 0.3) is 5.91 Å². The fraction of sp³-hybridized carbons (Fsp3) is 0.688. The molecular formula is C16H24N4O3. The lowest BCUT2D eigenvalue weighted by atomic mass is 10.00. The molecule has 0 aromatic carbocycles. The summed E-state index contributed by atoms with van der Waals surface area (Å²) in [5.74, 6) is -0.102. The molecule has 3 heterocycles. The summed E-state index contributed by atoms with van der Waals surface area (Å²) in [7, 11) is 0. The standard InChI is InChI=1S/C16H24N4O3/c1-10-8-12-11(9-19(10)15(22)23-16(2,3)4)13-14(21)17-6-5-7-20(13)18-12/h10H,5-9H2,1-4H3,(H,17,21). The number of aryl methyl sites for hydroxylation is 1. The number of rotatable bonds is 0. The molecule has 0 spiro atoms. The van der Waals surface area contributed by atoms with E-state index in [1.165, 1.54) is 0 Å². The predicted octanol–water partition coefficient (Wildman–Crippen LogP) is 1.70. The fourth-order valence-electron chi connectivity index (χ4n) is 3.09. The topological polar surface area (TPSA) is 76.5 Å². The zero-order valence-electron chi connectivity index (χ0n) is 14.2. The molecule has 1 aromatic rings. The zero-order valence-corrected chi connectivity index (χ0v) is 14.2. The summed E-state index contributed by atoms with van der Waals surface area (Å²) in [4.78, 5) is 26.5. The normalized spacial score (nSPS) is 21.1. The lowest BCUT2D eigenvalue weighted by Crippen LogP contribution is -2.45. The van der Waals surface area contributed by atoms with Crippen LogP contribution in [0.4, 0.5) is 4.79 Å². The monoisotopic (exact) mass is 320 g/mol. The Bertz CT molecular complexity index is 644. The number of ether oxygens (including phenoxy) is 1. The number of carbonyl (C=O) groups excluding carboxylic acids is 2. The second kappa shape index (κ2) is 5.54. The number of amides is 2. The second-order valence-electron chi connectivity index (χ2n) is 7.27. The molecule has 0 radical (unpaired) electrons. The average molecular weight is 320 g/mol. The molecule has 0 aliphatic carbocycles. The molecule has 1 N–H and O–H groups in total. The Morgan fingerprint density at radius 3 is 2.83 bits per heavy atom. The van der Waals surface area contributed by atoms with Gasteiger partial charge in [0.15, 0.2) is 0 Å². The van der Waals surface area contributed by atoms with Gasteiger partial charge < -0.3 is 15.0 Å². The number of fused-ring (bicyclic) bond motifs is 3. The van der Waals surface area contributed by atoms with Gasteiger partial charge in [-0.05, 0) is 34.1 Å². The van der Waals surface area contributed by atoms with Gasteiger partial charge in [-0.3, -0.25) is 9.48 Å². The summed E-state index contributed by atoms with van der Waals surface area (Å²) < 4.78 is 7.28. The number of nitrogens with one attached hydrogen (secondary N) is 1. The summed E-state index contributed by atoms with van der Waals surface area (Å²) in [5.41, 5.74) is 1.83. The van der Waals surface area contributed by atoms with Crippen LogP contribution in [0.3, 0.4) is 0 Å². The van der Waals surface area contributed by atoms with Gasteiger partial charge in [0, 0.05) is 31.1 Å². The van der Waals surface area contributed by atoms with E-state index < -0.39 is 5.60 Å². The van der Waals surface area contributed by atoms with Crippen molar-refractivity contribution < 1.29 is 14.3 Å². The molecular weight excluding hydrogens is 296 g/mol. The number of aromatic nitrogens is 2. The highest BCUT2D eigenvalue weighted by molar-refractivity contribution is 5.94. The maximum absolute atomic E-state index is 12.4. The minimum Gasteiger partial charge on any atom is -0.444 e. The van der Waals surface area contributed by atoms with Crippen molar-refractivity contribution in [2.45, 2.75) is 65.3 Å². The van der Waals surface area contributed by atoms with E-state index in [-0.39, 0.29) is 18.0 Å². The first-order chi connectivity index (χ1) is 10.8. The van der Waals surface area contributed by atoms with Crippen LogP contribution in [0, 0.1) is 0 Å². The van der Waals surface area contributed by atoms with Crippen LogP contribution < -0.4 is 5.32 Å². The first-order valence-electron chi connectivity index (χ1n) is 8.12. The van der Waals surface area contributed by atoms with Crippen LogP contribution in [0.25, 0.3) is 0 Å². The van der Waals surface area contributed by atoms with E-state index in [0.717, 1.165) is 24.2 Å². The quantitative estimate of drug-likeness (QED) is 0.789. The second-order valence-corrected chi connectivity index (χ2v) is 7.27. The van der Waals surface area contributed by atoms with Gasteiger partial charge in [-0.1, -0.05) is 0 Å². The van der Waals surface area contributed by atoms with Gasteiger partial charge in [-0.25, -0.2) is 4.79 Å². The van der Waals surface area contributed by atoms with Crippen LogP contribution in [0.15, 0.2) is 0 Å². The van der Waals surface area contributed by atoms with Gasteiger partial charge in [0.2, 0.25) is 0 Å². The van der Waals surface area contributed by atoms with Crippen molar-refractivity contribution in [3.63, 3.8) is 0 Å². The van der Waals surface area contributed by atoms with Crippen molar-refractivity contribution in [1.82, 2.24) is 20.0 Å². The van der Waals surface area contributed by atoms with E-state index in [4.69, 9.17) is 4.74 Å². The van der Waals surface area contributed by atoms with Crippen molar-refractivity contribution in [2.24, 2.45) is 0 Å². The van der Waals surface area contributed by atoms with E-state index in [1.807, 2.05) is 27.7 Å². The third-order valence-electron chi connectivity index (χ3n) is 4.16. The largest absolute Gasteiger partial charge is 0.444 e. The van der Waals surface area contributed by atoms with Crippen LogP contribution >= 0.6 is 0 Å². The molecule has 1 atom stereocenters. The highest BCUT2D eigenvalue weighted by Gasteiger charge is 2.36. The smallest absolute Gasteiger partial charge is 0.410 e. The molecule has 7 heteroatoms. The van der Waals surface area contributed by atoms with Gasteiger partial charge in [0.1, 0.15) is 11.3 Å². The summed E-state index contributed by atoms with van der Waals surface area (Å²) in [5, 5.41) is 7.49. The van der Waals surface area contributed by atoms with E-state index in [2.05, 4.69) is 10.4 Å². The SMILES string of the molecule is CC1Cc2nn3c(c2CN1C(=O)OC(C)(C)C)C(=O)NCCC3. The van der Waals surface area contributed by atoms with E-state index >= 15 is 0 Å². The Kier molecular flexibility index (Phi) is 3.82. The number of nitrogens with zero attached hydrogens (tertiary/aromatic N) is 3. The van der Waals surface area contributed by atoms with Crippen molar-refractivity contribution in [3.05, 3.63) is 17.0 Å². The Morgan fingerprint density at radius 2 is 2.13 bits per heavy atom. The van der Waals surface area contributed by atoms with Crippen LogP contribution in [0.2, 0.25) is 0 Å². The lowest BCUT2D eigenvalue weighted by molar-refractivity contribution is 0.0136. The first kappa shape index (κ1) is 15.8. The molecule has 0 saturated carbocycles.